The van der Waals surface area contributed by atoms with Gasteiger partial charge in [0, 0.05) is 49.6 Å². The van der Waals surface area contributed by atoms with Crippen molar-refractivity contribution in [3.05, 3.63) is 53.6 Å². The Kier molecular flexibility index (Phi) is 6.21. The molecule has 2 aromatic heterocycles. The van der Waals surface area contributed by atoms with Gasteiger partial charge in [0.05, 0.1) is 18.1 Å². The molecule has 1 aliphatic carbocycles. The van der Waals surface area contributed by atoms with Gasteiger partial charge in [-0.15, -0.1) is 0 Å². The standard InChI is InChI=1S/C25H27N7O2/c1-2-22-29-25(34-30-22)31-13-10-21(11-14-31)32(20-7-8-20)24(33)19-15-27-23(28-16-19)18-5-3-17(4-6-18)9-12-26/h3-6,15-16,20-21H,2,7-11,13-14H2,1H3. The van der Waals surface area contributed by atoms with E-state index in [-0.39, 0.29) is 11.9 Å². The molecule has 9 nitrogen and oxygen atoms in total. The Labute approximate surface area is 198 Å². The minimum Gasteiger partial charge on any atom is -0.332 e. The average molecular weight is 458 g/mol. The molecule has 0 radical (unpaired) electrons. The minimum absolute atomic E-state index is 0.00271. The van der Waals surface area contributed by atoms with Crippen LogP contribution in [0.4, 0.5) is 6.01 Å². The summed E-state index contributed by atoms with van der Waals surface area (Å²) < 4.78 is 5.39. The van der Waals surface area contributed by atoms with Crippen molar-refractivity contribution < 1.29 is 9.32 Å². The molecule has 0 spiro atoms. The Morgan fingerprint density at radius 1 is 1.12 bits per heavy atom. The Bertz CT molecular complexity index is 1170. The van der Waals surface area contributed by atoms with E-state index in [4.69, 9.17) is 9.78 Å². The topological polar surface area (TPSA) is 112 Å². The third-order valence-corrected chi connectivity index (χ3v) is 6.47. The summed E-state index contributed by atoms with van der Waals surface area (Å²) in [5.74, 6) is 1.29. The van der Waals surface area contributed by atoms with Crippen molar-refractivity contribution >= 4 is 11.9 Å². The first kappa shape index (κ1) is 22.0. The number of nitrogens with zero attached hydrogens (tertiary/aromatic N) is 7. The highest BCUT2D eigenvalue weighted by atomic mass is 16.5. The van der Waals surface area contributed by atoms with Gasteiger partial charge in [-0.05, 0) is 31.2 Å². The van der Waals surface area contributed by atoms with Gasteiger partial charge in [-0.3, -0.25) is 4.79 Å². The van der Waals surface area contributed by atoms with Crippen molar-refractivity contribution in [3.63, 3.8) is 0 Å². The highest BCUT2D eigenvalue weighted by Crippen LogP contribution is 2.34. The summed E-state index contributed by atoms with van der Waals surface area (Å²) in [6.07, 6.45) is 8.19. The number of hydrogen-bond acceptors (Lipinski definition) is 8. The third kappa shape index (κ3) is 4.62. The lowest BCUT2D eigenvalue weighted by Gasteiger charge is -2.38. The van der Waals surface area contributed by atoms with Crippen molar-refractivity contribution in [2.45, 2.75) is 57.5 Å². The van der Waals surface area contributed by atoms with Crippen LogP contribution in [0.1, 0.15) is 54.4 Å². The summed E-state index contributed by atoms with van der Waals surface area (Å²) in [6.45, 7) is 3.57. The van der Waals surface area contributed by atoms with E-state index in [2.05, 4.69) is 36.0 Å². The van der Waals surface area contributed by atoms with E-state index in [0.717, 1.165) is 56.3 Å². The first-order valence-corrected chi connectivity index (χ1v) is 11.8. The van der Waals surface area contributed by atoms with E-state index in [1.54, 1.807) is 12.4 Å². The SMILES string of the molecule is CCc1noc(N2CCC(N(C(=O)c3cnc(-c4ccc(CC#N)cc4)nc3)C3CC3)CC2)n1. The third-order valence-electron chi connectivity index (χ3n) is 6.47. The molecule has 1 amide bonds. The van der Waals surface area contributed by atoms with Crippen LogP contribution in [-0.2, 0) is 12.8 Å². The maximum Gasteiger partial charge on any atom is 0.324 e. The fourth-order valence-electron chi connectivity index (χ4n) is 4.43. The fraction of sp³-hybridized carbons (Fsp3) is 0.440. The molecule has 0 unspecified atom stereocenters. The monoisotopic (exact) mass is 457 g/mol. The second-order valence-corrected chi connectivity index (χ2v) is 8.84. The van der Waals surface area contributed by atoms with Crippen LogP contribution < -0.4 is 4.90 Å². The van der Waals surface area contributed by atoms with Gasteiger partial charge >= 0.3 is 6.01 Å². The summed E-state index contributed by atoms with van der Waals surface area (Å²) in [5, 5.41) is 12.8. The van der Waals surface area contributed by atoms with Crippen LogP contribution in [0.2, 0.25) is 0 Å². The van der Waals surface area contributed by atoms with Crippen LogP contribution in [0.5, 0.6) is 0 Å². The van der Waals surface area contributed by atoms with Crippen LogP contribution in [0.15, 0.2) is 41.2 Å². The number of anilines is 1. The second-order valence-electron chi connectivity index (χ2n) is 8.84. The van der Waals surface area contributed by atoms with E-state index in [1.165, 1.54) is 0 Å². The fourth-order valence-corrected chi connectivity index (χ4v) is 4.43. The first-order chi connectivity index (χ1) is 16.7. The maximum atomic E-state index is 13.4. The van der Waals surface area contributed by atoms with Gasteiger partial charge in [0.15, 0.2) is 11.6 Å². The molecule has 0 N–H and O–H groups in total. The predicted molar refractivity (Wildman–Crippen MR) is 125 cm³/mol. The first-order valence-electron chi connectivity index (χ1n) is 11.8. The minimum atomic E-state index is 0.00271. The lowest BCUT2D eigenvalue weighted by Crippen LogP contribution is -2.48. The van der Waals surface area contributed by atoms with Gasteiger partial charge in [0.2, 0.25) is 0 Å². The highest BCUT2D eigenvalue weighted by molar-refractivity contribution is 5.94. The molecule has 1 saturated carbocycles. The van der Waals surface area contributed by atoms with Crippen LogP contribution >= 0.6 is 0 Å². The van der Waals surface area contributed by atoms with Crippen LogP contribution in [-0.4, -0.2) is 56.1 Å². The number of benzene rings is 1. The maximum absolute atomic E-state index is 13.4. The molecule has 5 rings (SSSR count). The van der Waals surface area contributed by atoms with E-state index in [0.29, 0.717) is 35.7 Å². The Morgan fingerprint density at radius 2 is 1.79 bits per heavy atom. The number of carbonyl (C=O) groups excluding carboxylic acids is 1. The number of piperidine rings is 1. The predicted octanol–water partition coefficient (Wildman–Crippen LogP) is 3.43. The van der Waals surface area contributed by atoms with E-state index in [1.807, 2.05) is 31.2 Å². The van der Waals surface area contributed by atoms with Crippen LogP contribution in [0.25, 0.3) is 11.4 Å². The molecule has 3 aromatic rings. The zero-order chi connectivity index (χ0) is 23.5. The number of rotatable bonds is 7. The molecule has 1 saturated heterocycles. The van der Waals surface area contributed by atoms with Crippen molar-refractivity contribution in [1.82, 2.24) is 25.0 Å². The van der Waals surface area contributed by atoms with Crippen molar-refractivity contribution in [1.29, 1.82) is 5.26 Å². The summed E-state index contributed by atoms with van der Waals surface area (Å²) in [4.78, 5) is 31.0. The summed E-state index contributed by atoms with van der Waals surface area (Å²) in [5.41, 5.74) is 2.33. The Balaban J connectivity index is 1.25. The second kappa shape index (κ2) is 9.59. The number of aryl methyl sites for hydroxylation is 1. The van der Waals surface area contributed by atoms with Crippen molar-refractivity contribution in [3.8, 4) is 17.5 Å². The number of nitriles is 1. The van der Waals surface area contributed by atoms with E-state index in [9.17, 15) is 4.79 Å². The highest BCUT2D eigenvalue weighted by Gasteiger charge is 2.39. The molecule has 9 heteroatoms. The van der Waals surface area contributed by atoms with Crippen molar-refractivity contribution in [2.75, 3.05) is 18.0 Å². The van der Waals surface area contributed by atoms with Crippen LogP contribution in [0.3, 0.4) is 0 Å². The van der Waals surface area contributed by atoms with E-state index < -0.39 is 0 Å². The zero-order valence-corrected chi connectivity index (χ0v) is 19.2. The lowest BCUT2D eigenvalue weighted by molar-refractivity contribution is 0.0628. The lowest BCUT2D eigenvalue weighted by atomic mass is 10.0. The number of carbonyl (C=O) groups is 1. The van der Waals surface area contributed by atoms with Gasteiger partial charge in [-0.1, -0.05) is 36.3 Å². The molecule has 34 heavy (non-hydrogen) atoms. The van der Waals surface area contributed by atoms with Gasteiger partial charge < -0.3 is 14.3 Å². The molecule has 0 atom stereocenters. The summed E-state index contributed by atoms with van der Waals surface area (Å²) in [6, 6.07) is 10.8. The molecule has 0 bridgehead atoms. The molecule has 2 fully saturated rings. The largest absolute Gasteiger partial charge is 0.332 e. The van der Waals surface area contributed by atoms with Gasteiger partial charge in [-0.25, -0.2) is 9.97 Å². The number of amides is 1. The summed E-state index contributed by atoms with van der Waals surface area (Å²) in [7, 11) is 0. The van der Waals surface area contributed by atoms with Gasteiger partial charge in [0.25, 0.3) is 5.91 Å². The number of aromatic nitrogens is 4. The molecule has 1 aromatic carbocycles. The Morgan fingerprint density at radius 3 is 2.38 bits per heavy atom. The van der Waals surface area contributed by atoms with E-state index >= 15 is 0 Å². The molecule has 3 heterocycles. The van der Waals surface area contributed by atoms with Crippen molar-refractivity contribution in [2.24, 2.45) is 0 Å². The summed E-state index contributed by atoms with van der Waals surface area (Å²) >= 11 is 0. The van der Waals surface area contributed by atoms with Gasteiger partial charge in [0.1, 0.15) is 0 Å². The van der Waals surface area contributed by atoms with Crippen LogP contribution in [0, 0.1) is 11.3 Å². The average Bonchev–Trinajstić information content (AvgIpc) is 3.60. The molecule has 2 aliphatic rings. The Hall–Kier alpha value is -3.80. The molecule has 174 valence electrons. The number of hydrogen-bond donors (Lipinski definition) is 0. The molecular formula is C25H27N7O2. The van der Waals surface area contributed by atoms with Gasteiger partial charge in [-0.2, -0.15) is 10.2 Å². The quantitative estimate of drug-likeness (QED) is 0.530. The molecular weight excluding hydrogens is 430 g/mol. The smallest absolute Gasteiger partial charge is 0.324 e. The zero-order valence-electron chi connectivity index (χ0n) is 19.2. The normalized spacial score (nSPS) is 16.3. The molecule has 1 aliphatic heterocycles.